The number of anilines is 2. The number of carbonyl (C=O) groups is 2. The lowest BCUT2D eigenvalue weighted by atomic mass is 9.89. The molecule has 0 radical (unpaired) electrons. The molecule has 7 nitrogen and oxygen atoms in total. The number of hydrogen-bond donors (Lipinski definition) is 0. The first-order chi connectivity index (χ1) is 12.8. The summed E-state index contributed by atoms with van der Waals surface area (Å²) in [6.07, 6.45) is 0.488. The van der Waals surface area contributed by atoms with E-state index in [2.05, 4.69) is 0 Å². The number of para-hydroxylation sites is 1. The molecule has 0 bridgehead atoms. The third-order valence-electron chi connectivity index (χ3n) is 4.87. The third kappa shape index (κ3) is 3.40. The topological polar surface area (TPSA) is 83.8 Å². The normalized spacial score (nSPS) is 18.6. The molecular weight excluding hydrogens is 346 g/mol. The number of rotatable bonds is 3. The van der Waals surface area contributed by atoms with Crippen LogP contribution in [0, 0.1) is 10.1 Å². The van der Waals surface area contributed by atoms with Crippen molar-refractivity contribution >= 4 is 28.9 Å². The van der Waals surface area contributed by atoms with Gasteiger partial charge in [0, 0.05) is 49.0 Å². The van der Waals surface area contributed by atoms with E-state index in [0.717, 1.165) is 5.69 Å². The molecule has 27 heavy (non-hydrogen) atoms. The molecule has 2 aromatic rings. The number of benzene rings is 2. The van der Waals surface area contributed by atoms with Gasteiger partial charge in [0.25, 0.3) is 5.69 Å². The largest absolute Gasteiger partial charge is 0.309 e. The zero-order chi connectivity index (χ0) is 19.7. The van der Waals surface area contributed by atoms with Crippen LogP contribution in [0.25, 0.3) is 0 Å². The van der Waals surface area contributed by atoms with Crippen molar-refractivity contribution < 1.29 is 14.5 Å². The molecule has 0 aromatic heterocycles. The van der Waals surface area contributed by atoms with Crippen LogP contribution in [0.15, 0.2) is 48.5 Å². The number of amides is 2. The monoisotopic (exact) mass is 367 g/mol. The van der Waals surface area contributed by atoms with Crippen LogP contribution in [0.4, 0.5) is 17.1 Å². The summed E-state index contributed by atoms with van der Waals surface area (Å²) < 4.78 is 0. The lowest BCUT2D eigenvalue weighted by Crippen LogP contribution is -2.46. The minimum absolute atomic E-state index is 0.0617. The maximum absolute atomic E-state index is 12.5. The highest BCUT2D eigenvalue weighted by Crippen LogP contribution is 2.43. The maximum atomic E-state index is 12.5. The Balaban J connectivity index is 2.20. The van der Waals surface area contributed by atoms with Crippen LogP contribution in [0.1, 0.15) is 38.8 Å². The number of non-ortho nitro benzene ring substituents is 1. The quantitative estimate of drug-likeness (QED) is 0.609. The van der Waals surface area contributed by atoms with Crippen molar-refractivity contribution in [2.24, 2.45) is 0 Å². The molecule has 2 unspecified atom stereocenters. The molecule has 140 valence electrons. The predicted octanol–water partition coefficient (Wildman–Crippen LogP) is 3.83. The zero-order valence-corrected chi connectivity index (χ0v) is 15.5. The molecule has 2 amide bonds. The van der Waals surface area contributed by atoms with Crippen molar-refractivity contribution in [2.45, 2.75) is 39.3 Å². The van der Waals surface area contributed by atoms with Crippen LogP contribution in [-0.4, -0.2) is 22.8 Å². The molecule has 3 rings (SSSR count). The van der Waals surface area contributed by atoms with E-state index in [-0.39, 0.29) is 23.5 Å². The molecule has 2 atom stereocenters. The van der Waals surface area contributed by atoms with Crippen molar-refractivity contribution in [1.29, 1.82) is 0 Å². The van der Waals surface area contributed by atoms with Crippen LogP contribution in [-0.2, 0) is 9.59 Å². The minimum Gasteiger partial charge on any atom is -0.309 e. The maximum Gasteiger partial charge on any atom is 0.269 e. The highest BCUT2D eigenvalue weighted by Gasteiger charge is 2.37. The van der Waals surface area contributed by atoms with E-state index in [1.807, 2.05) is 37.3 Å². The average Bonchev–Trinajstić information content (AvgIpc) is 2.61. The van der Waals surface area contributed by atoms with E-state index in [0.29, 0.717) is 17.7 Å². The number of nitro benzene ring substituents is 1. The third-order valence-corrected chi connectivity index (χ3v) is 4.87. The first kappa shape index (κ1) is 18.6. The van der Waals surface area contributed by atoms with Crippen LogP contribution in [0.2, 0.25) is 0 Å². The molecule has 1 aliphatic heterocycles. The second-order valence-electron chi connectivity index (χ2n) is 6.71. The number of fused-ring (bicyclic) bond motifs is 1. The average molecular weight is 367 g/mol. The van der Waals surface area contributed by atoms with Gasteiger partial charge in [0.05, 0.1) is 11.0 Å². The second kappa shape index (κ2) is 7.19. The summed E-state index contributed by atoms with van der Waals surface area (Å²) >= 11 is 0. The van der Waals surface area contributed by atoms with E-state index in [4.69, 9.17) is 0 Å². The smallest absolute Gasteiger partial charge is 0.269 e. The van der Waals surface area contributed by atoms with Gasteiger partial charge in [-0.2, -0.15) is 0 Å². The Morgan fingerprint density at radius 1 is 1.15 bits per heavy atom. The van der Waals surface area contributed by atoms with Crippen molar-refractivity contribution in [2.75, 3.05) is 9.80 Å². The molecule has 0 fully saturated rings. The fraction of sp³-hybridized carbons (Fsp3) is 0.300. The highest BCUT2D eigenvalue weighted by atomic mass is 16.6. The summed E-state index contributed by atoms with van der Waals surface area (Å²) in [6, 6.07) is 13.1. The van der Waals surface area contributed by atoms with Crippen LogP contribution in [0.3, 0.4) is 0 Å². The fourth-order valence-corrected chi connectivity index (χ4v) is 3.83. The Morgan fingerprint density at radius 2 is 1.81 bits per heavy atom. The van der Waals surface area contributed by atoms with Crippen molar-refractivity contribution in [1.82, 2.24) is 0 Å². The van der Waals surface area contributed by atoms with E-state index in [1.54, 1.807) is 15.9 Å². The fourth-order valence-electron chi connectivity index (χ4n) is 3.83. The van der Waals surface area contributed by atoms with Crippen LogP contribution >= 0.6 is 0 Å². The van der Waals surface area contributed by atoms with Crippen LogP contribution in [0.5, 0.6) is 0 Å². The zero-order valence-electron chi connectivity index (χ0n) is 15.5. The lowest BCUT2D eigenvalue weighted by Gasteiger charge is -2.43. The van der Waals surface area contributed by atoms with Gasteiger partial charge in [0.1, 0.15) is 0 Å². The molecule has 0 aliphatic carbocycles. The van der Waals surface area contributed by atoms with Gasteiger partial charge in [0.2, 0.25) is 11.8 Å². The molecule has 0 saturated carbocycles. The summed E-state index contributed by atoms with van der Waals surface area (Å²) in [5.41, 5.74) is 1.87. The molecule has 2 aromatic carbocycles. The summed E-state index contributed by atoms with van der Waals surface area (Å²) in [5.74, 6) is -0.294. The Kier molecular flexibility index (Phi) is 4.94. The first-order valence-corrected chi connectivity index (χ1v) is 8.74. The number of hydrogen-bond acceptors (Lipinski definition) is 4. The highest BCUT2D eigenvalue weighted by molar-refractivity contribution is 5.96. The summed E-state index contributed by atoms with van der Waals surface area (Å²) in [6.45, 7) is 4.87. The lowest BCUT2D eigenvalue weighted by molar-refractivity contribution is -0.384. The van der Waals surface area contributed by atoms with Gasteiger partial charge in [-0.3, -0.25) is 19.7 Å². The van der Waals surface area contributed by atoms with Gasteiger partial charge in [0.15, 0.2) is 0 Å². The Bertz CT molecular complexity index is 897. The molecular formula is C20H21N3O4. The molecule has 0 spiro atoms. The van der Waals surface area contributed by atoms with Crippen molar-refractivity contribution in [3.8, 4) is 0 Å². The number of nitrogens with zero attached hydrogens (tertiary/aromatic N) is 3. The molecule has 0 saturated heterocycles. The summed E-state index contributed by atoms with van der Waals surface area (Å²) in [4.78, 5) is 38.8. The van der Waals surface area contributed by atoms with E-state index < -0.39 is 11.0 Å². The minimum atomic E-state index is -0.464. The van der Waals surface area contributed by atoms with Gasteiger partial charge in [-0.15, -0.1) is 0 Å². The standard InChI is InChI=1S/C20H21N3O4/c1-13-11-20(22(15(3)25)16-7-5-4-6-8-16)18-12-17(23(26)27)9-10-19(18)21(13)14(2)24/h4-10,12-13,20H,11H2,1-3H3. The SMILES string of the molecule is CC(=O)N1c2ccc([N+](=O)[O-])cc2C(N(C(C)=O)c2ccccc2)CC1C. The number of nitro groups is 1. The van der Waals surface area contributed by atoms with Gasteiger partial charge in [-0.1, -0.05) is 18.2 Å². The second-order valence-corrected chi connectivity index (χ2v) is 6.71. The molecule has 1 aliphatic rings. The van der Waals surface area contributed by atoms with Gasteiger partial charge >= 0.3 is 0 Å². The van der Waals surface area contributed by atoms with Gasteiger partial charge < -0.3 is 9.80 Å². The van der Waals surface area contributed by atoms with E-state index >= 15 is 0 Å². The Labute approximate surface area is 157 Å². The Morgan fingerprint density at radius 3 is 2.37 bits per heavy atom. The van der Waals surface area contributed by atoms with Crippen LogP contribution < -0.4 is 9.80 Å². The molecule has 7 heteroatoms. The van der Waals surface area contributed by atoms with E-state index in [1.165, 1.54) is 26.0 Å². The van der Waals surface area contributed by atoms with Gasteiger partial charge in [-0.25, -0.2) is 0 Å². The Hall–Kier alpha value is -3.22. The number of carbonyl (C=O) groups excluding carboxylic acids is 2. The summed E-state index contributed by atoms with van der Waals surface area (Å²) in [5, 5.41) is 11.3. The molecule has 1 heterocycles. The van der Waals surface area contributed by atoms with E-state index in [9.17, 15) is 19.7 Å². The van der Waals surface area contributed by atoms with Crippen molar-refractivity contribution in [3.63, 3.8) is 0 Å². The van der Waals surface area contributed by atoms with Gasteiger partial charge in [-0.05, 0) is 31.5 Å². The molecule has 0 N–H and O–H groups in total. The predicted molar refractivity (Wildman–Crippen MR) is 103 cm³/mol. The first-order valence-electron chi connectivity index (χ1n) is 8.74. The summed E-state index contributed by atoms with van der Waals surface area (Å²) in [7, 11) is 0. The van der Waals surface area contributed by atoms with Crippen molar-refractivity contribution in [3.05, 3.63) is 64.2 Å².